The Balaban J connectivity index is 2.43. The van der Waals surface area contributed by atoms with Gasteiger partial charge in [0.15, 0.2) is 9.04 Å². The molecule has 0 saturated carbocycles. The predicted octanol–water partition coefficient (Wildman–Crippen LogP) is 2.98. The van der Waals surface area contributed by atoms with Crippen molar-refractivity contribution in [3.05, 3.63) is 29.8 Å². The summed E-state index contributed by atoms with van der Waals surface area (Å²) in [6.45, 7) is 5.19. The van der Waals surface area contributed by atoms with Gasteiger partial charge in [-0.1, -0.05) is 26.0 Å². The Hall–Kier alpha value is -0.803. The van der Waals surface area contributed by atoms with Crippen LogP contribution in [0, 0.1) is 0 Å². The van der Waals surface area contributed by atoms with E-state index in [9.17, 15) is 0 Å². The van der Waals surface area contributed by atoms with Gasteiger partial charge in [-0.15, -0.1) is 0 Å². The van der Waals surface area contributed by atoms with Crippen LogP contribution in [0.4, 0.5) is 0 Å². The summed E-state index contributed by atoms with van der Waals surface area (Å²) in [6.07, 6.45) is 0. The van der Waals surface area contributed by atoms with E-state index in [2.05, 4.69) is 26.0 Å². The molecule has 3 heteroatoms. The number of benzene rings is 1. The van der Waals surface area contributed by atoms with Crippen LogP contribution in [-0.2, 0) is 11.0 Å². The maximum Gasteiger partial charge on any atom is 0.176 e. The molecule has 0 aliphatic rings. The highest BCUT2D eigenvalue weighted by Crippen LogP contribution is 2.13. The molecule has 1 aromatic carbocycles. The smallest absolute Gasteiger partial charge is 0.176 e. The fourth-order valence-electron chi connectivity index (χ4n) is 1.46. The molecule has 0 aliphatic carbocycles. The molecule has 0 unspecified atom stereocenters. The number of rotatable bonds is 6. The Morgan fingerprint density at radius 1 is 1.07 bits per heavy atom. The van der Waals surface area contributed by atoms with Gasteiger partial charge >= 0.3 is 0 Å². The van der Waals surface area contributed by atoms with Crippen LogP contribution in [0.15, 0.2) is 24.3 Å². The highest BCUT2D eigenvalue weighted by atomic mass is 28.3. The summed E-state index contributed by atoms with van der Waals surface area (Å²) in [5, 5.41) is 0. The predicted molar refractivity (Wildman–Crippen MR) is 65.9 cm³/mol. The van der Waals surface area contributed by atoms with E-state index < -0.39 is 9.04 Å². The average molecular weight is 224 g/mol. The molecular formula is C12H20O2Si. The molecule has 0 saturated heterocycles. The Labute approximate surface area is 93.9 Å². The van der Waals surface area contributed by atoms with Crippen LogP contribution in [0.3, 0.4) is 0 Å². The number of hydrogen-bond acceptors (Lipinski definition) is 2. The van der Waals surface area contributed by atoms with E-state index >= 15 is 0 Å². The third-order valence-electron chi connectivity index (χ3n) is 2.56. The molecule has 2 nitrogen and oxygen atoms in total. The van der Waals surface area contributed by atoms with Crippen molar-refractivity contribution in [2.45, 2.75) is 32.5 Å². The van der Waals surface area contributed by atoms with Gasteiger partial charge in [-0.2, -0.15) is 0 Å². The first kappa shape index (κ1) is 12.3. The van der Waals surface area contributed by atoms with Crippen LogP contribution < -0.4 is 4.74 Å². The van der Waals surface area contributed by atoms with Gasteiger partial charge in [0, 0.05) is 0 Å². The molecular weight excluding hydrogens is 204 g/mol. The second-order valence-electron chi connectivity index (χ2n) is 3.60. The first-order valence-electron chi connectivity index (χ1n) is 5.54. The van der Waals surface area contributed by atoms with E-state index in [-0.39, 0.29) is 0 Å². The lowest BCUT2D eigenvalue weighted by Gasteiger charge is -2.12. The minimum absolute atomic E-state index is 0.753. The van der Waals surface area contributed by atoms with E-state index in [1.165, 1.54) is 17.7 Å². The minimum atomic E-state index is -0.913. The lowest BCUT2D eigenvalue weighted by Crippen LogP contribution is -2.14. The lowest BCUT2D eigenvalue weighted by molar-refractivity contribution is 0.307. The summed E-state index contributed by atoms with van der Waals surface area (Å²) in [4.78, 5) is 0. The molecule has 0 aliphatic heterocycles. The average Bonchev–Trinajstić information content (AvgIpc) is 2.31. The van der Waals surface area contributed by atoms with Gasteiger partial charge in [0.05, 0.1) is 13.7 Å². The maximum absolute atomic E-state index is 5.90. The molecule has 0 spiro atoms. The van der Waals surface area contributed by atoms with Crippen molar-refractivity contribution in [2.75, 3.05) is 7.11 Å². The van der Waals surface area contributed by atoms with Gasteiger partial charge in [0.1, 0.15) is 5.75 Å². The SMILES string of the molecule is CC[SiH](CC)OCc1ccc(OC)cc1. The van der Waals surface area contributed by atoms with Crippen molar-refractivity contribution in [1.29, 1.82) is 0 Å². The van der Waals surface area contributed by atoms with Crippen LogP contribution in [0.25, 0.3) is 0 Å². The molecule has 15 heavy (non-hydrogen) atoms. The Morgan fingerprint density at radius 2 is 1.67 bits per heavy atom. The quantitative estimate of drug-likeness (QED) is 0.692. The molecule has 1 rings (SSSR count). The monoisotopic (exact) mass is 224 g/mol. The van der Waals surface area contributed by atoms with Crippen LogP contribution >= 0.6 is 0 Å². The summed E-state index contributed by atoms with van der Waals surface area (Å²) >= 11 is 0. The van der Waals surface area contributed by atoms with Crippen LogP contribution in [0.2, 0.25) is 12.1 Å². The molecule has 0 atom stereocenters. The number of hydrogen-bond donors (Lipinski definition) is 0. The molecule has 0 N–H and O–H groups in total. The molecule has 0 fully saturated rings. The topological polar surface area (TPSA) is 18.5 Å². The van der Waals surface area contributed by atoms with Crippen LogP contribution in [0.1, 0.15) is 19.4 Å². The Kier molecular flexibility index (Phi) is 5.43. The molecule has 0 aromatic heterocycles. The molecule has 0 heterocycles. The molecule has 1 aromatic rings. The summed E-state index contributed by atoms with van der Waals surface area (Å²) < 4.78 is 11.0. The van der Waals surface area contributed by atoms with Crippen molar-refractivity contribution in [3.63, 3.8) is 0 Å². The van der Waals surface area contributed by atoms with Gasteiger partial charge in [0.2, 0.25) is 0 Å². The fraction of sp³-hybridized carbons (Fsp3) is 0.500. The third-order valence-corrected chi connectivity index (χ3v) is 5.01. The van der Waals surface area contributed by atoms with E-state index in [1.807, 2.05) is 12.1 Å². The summed E-state index contributed by atoms with van der Waals surface area (Å²) in [6, 6.07) is 10.5. The highest BCUT2D eigenvalue weighted by Gasteiger charge is 2.05. The zero-order valence-corrected chi connectivity index (χ0v) is 11.0. The van der Waals surface area contributed by atoms with Crippen LogP contribution in [-0.4, -0.2) is 16.2 Å². The van der Waals surface area contributed by atoms with Crippen molar-refractivity contribution >= 4 is 9.04 Å². The number of ether oxygens (including phenoxy) is 1. The zero-order valence-electron chi connectivity index (χ0n) is 9.82. The van der Waals surface area contributed by atoms with Gasteiger partial charge < -0.3 is 9.16 Å². The van der Waals surface area contributed by atoms with E-state index in [4.69, 9.17) is 9.16 Å². The Bertz CT molecular complexity index is 267. The standard InChI is InChI=1S/C12H20O2Si/c1-4-15(5-2)14-10-11-6-8-12(13-3)9-7-11/h6-9,15H,4-5,10H2,1-3H3. The van der Waals surface area contributed by atoms with E-state index in [0.29, 0.717) is 0 Å². The lowest BCUT2D eigenvalue weighted by atomic mass is 10.2. The first-order chi connectivity index (χ1) is 7.30. The Morgan fingerprint density at radius 3 is 2.13 bits per heavy atom. The second-order valence-corrected chi connectivity index (χ2v) is 6.81. The first-order valence-corrected chi connectivity index (χ1v) is 7.65. The minimum Gasteiger partial charge on any atom is -0.497 e. The van der Waals surface area contributed by atoms with Crippen molar-refractivity contribution in [3.8, 4) is 5.75 Å². The summed E-state index contributed by atoms with van der Waals surface area (Å²) in [7, 11) is 0.770. The van der Waals surface area contributed by atoms with Crippen molar-refractivity contribution in [1.82, 2.24) is 0 Å². The second kappa shape index (κ2) is 6.64. The van der Waals surface area contributed by atoms with E-state index in [1.54, 1.807) is 7.11 Å². The molecule has 84 valence electrons. The maximum atomic E-state index is 5.90. The molecule has 0 radical (unpaired) electrons. The molecule has 0 amide bonds. The van der Waals surface area contributed by atoms with Gasteiger partial charge in [-0.05, 0) is 29.8 Å². The fourth-order valence-corrected chi connectivity index (χ4v) is 2.94. The van der Waals surface area contributed by atoms with Crippen LogP contribution in [0.5, 0.6) is 5.75 Å². The third kappa shape index (κ3) is 4.06. The number of methoxy groups -OCH3 is 1. The molecule has 0 bridgehead atoms. The van der Waals surface area contributed by atoms with Crippen molar-refractivity contribution < 1.29 is 9.16 Å². The van der Waals surface area contributed by atoms with Crippen molar-refractivity contribution in [2.24, 2.45) is 0 Å². The summed E-state index contributed by atoms with van der Waals surface area (Å²) in [5.41, 5.74) is 1.23. The van der Waals surface area contributed by atoms with Gasteiger partial charge in [-0.3, -0.25) is 0 Å². The van der Waals surface area contributed by atoms with E-state index in [0.717, 1.165) is 12.4 Å². The van der Waals surface area contributed by atoms with Gasteiger partial charge in [0.25, 0.3) is 0 Å². The van der Waals surface area contributed by atoms with Gasteiger partial charge in [-0.25, -0.2) is 0 Å². The summed E-state index contributed by atoms with van der Waals surface area (Å²) in [5.74, 6) is 0.901. The normalized spacial score (nSPS) is 10.7. The highest BCUT2D eigenvalue weighted by molar-refractivity contribution is 6.51. The largest absolute Gasteiger partial charge is 0.497 e. The zero-order chi connectivity index (χ0) is 11.1.